The maximum absolute atomic E-state index is 6.13. The zero-order valence-electron chi connectivity index (χ0n) is 12.2. The highest BCUT2D eigenvalue weighted by atomic mass is 16.5. The number of rotatable bonds is 5. The molecule has 0 bridgehead atoms. The zero-order valence-corrected chi connectivity index (χ0v) is 12.2. The van der Waals surface area contributed by atoms with Crippen LogP contribution in [-0.4, -0.2) is 7.11 Å². The van der Waals surface area contributed by atoms with Gasteiger partial charge in [0.2, 0.25) is 0 Å². The second-order valence-corrected chi connectivity index (χ2v) is 4.81. The van der Waals surface area contributed by atoms with E-state index in [1.807, 2.05) is 49.4 Å². The molecule has 20 heavy (non-hydrogen) atoms. The second-order valence-electron chi connectivity index (χ2n) is 4.81. The van der Waals surface area contributed by atoms with Crippen molar-refractivity contribution in [2.24, 2.45) is 5.73 Å². The van der Waals surface area contributed by atoms with Crippen LogP contribution in [0.25, 0.3) is 0 Å². The summed E-state index contributed by atoms with van der Waals surface area (Å²) in [5.74, 6) is 2.21. The van der Waals surface area contributed by atoms with E-state index in [0.29, 0.717) is 5.75 Å². The van der Waals surface area contributed by atoms with Gasteiger partial charge in [-0.3, -0.25) is 0 Å². The summed E-state index contributed by atoms with van der Waals surface area (Å²) in [4.78, 5) is 0. The van der Waals surface area contributed by atoms with Crippen molar-refractivity contribution >= 4 is 0 Å². The molecule has 0 amide bonds. The minimum Gasteiger partial charge on any atom is -0.493 e. The molecule has 3 heteroatoms. The van der Waals surface area contributed by atoms with Crippen LogP contribution in [0.4, 0.5) is 0 Å². The Morgan fingerprint density at radius 3 is 2.50 bits per heavy atom. The lowest BCUT2D eigenvalue weighted by atomic mass is 10.0. The summed E-state index contributed by atoms with van der Waals surface area (Å²) in [5, 5.41) is 0. The fourth-order valence-electron chi connectivity index (χ4n) is 2.08. The van der Waals surface area contributed by atoms with Crippen molar-refractivity contribution in [2.45, 2.75) is 26.3 Å². The van der Waals surface area contributed by atoms with Gasteiger partial charge in [-0.05, 0) is 37.1 Å². The predicted molar refractivity (Wildman–Crippen MR) is 81.5 cm³/mol. The van der Waals surface area contributed by atoms with E-state index < -0.39 is 0 Å². The summed E-state index contributed by atoms with van der Waals surface area (Å²) in [5.41, 5.74) is 8.28. The quantitative estimate of drug-likeness (QED) is 0.886. The first-order chi connectivity index (χ1) is 9.65. The summed E-state index contributed by atoms with van der Waals surface area (Å²) in [7, 11) is 1.64. The molecular formula is C17H21NO2. The highest BCUT2D eigenvalue weighted by Gasteiger charge is 2.12. The summed E-state index contributed by atoms with van der Waals surface area (Å²) >= 11 is 0. The van der Waals surface area contributed by atoms with Crippen molar-refractivity contribution < 1.29 is 9.47 Å². The average molecular weight is 271 g/mol. The lowest BCUT2D eigenvalue weighted by Crippen LogP contribution is -2.09. The van der Waals surface area contributed by atoms with Crippen LogP contribution in [0, 0.1) is 6.92 Å². The maximum atomic E-state index is 6.13. The molecule has 1 atom stereocenters. The Hall–Kier alpha value is -2.00. The summed E-state index contributed by atoms with van der Waals surface area (Å²) in [6.45, 7) is 4.08. The van der Waals surface area contributed by atoms with Gasteiger partial charge in [-0.15, -0.1) is 0 Å². The van der Waals surface area contributed by atoms with E-state index in [2.05, 4.69) is 6.92 Å². The number of benzene rings is 2. The molecule has 0 aromatic heterocycles. The number of hydrogen-bond donors (Lipinski definition) is 1. The van der Waals surface area contributed by atoms with Crippen molar-refractivity contribution in [3.05, 3.63) is 53.6 Å². The van der Waals surface area contributed by atoms with Gasteiger partial charge in [-0.2, -0.15) is 0 Å². The molecule has 0 saturated heterocycles. The smallest absolute Gasteiger partial charge is 0.169 e. The summed E-state index contributed by atoms with van der Waals surface area (Å²) in [6, 6.07) is 13.7. The van der Waals surface area contributed by atoms with Gasteiger partial charge in [0.15, 0.2) is 11.5 Å². The summed E-state index contributed by atoms with van der Waals surface area (Å²) in [6.07, 6.45) is 0.866. The first-order valence-electron chi connectivity index (χ1n) is 6.82. The molecule has 0 aliphatic carbocycles. The van der Waals surface area contributed by atoms with Crippen LogP contribution in [0.1, 0.15) is 30.5 Å². The SMILES string of the molecule is CCC(N)c1ccccc1Oc1ccc(C)cc1OC. The molecular weight excluding hydrogens is 250 g/mol. The van der Waals surface area contributed by atoms with Crippen LogP contribution < -0.4 is 15.2 Å². The largest absolute Gasteiger partial charge is 0.493 e. The molecule has 0 aliphatic rings. The Labute approximate surface area is 120 Å². The van der Waals surface area contributed by atoms with Gasteiger partial charge in [0.25, 0.3) is 0 Å². The molecule has 0 fully saturated rings. The monoisotopic (exact) mass is 271 g/mol. The molecule has 3 nitrogen and oxygen atoms in total. The Morgan fingerprint density at radius 2 is 1.80 bits per heavy atom. The van der Waals surface area contributed by atoms with E-state index in [-0.39, 0.29) is 6.04 Å². The Kier molecular flexibility index (Phi) is 4.64. The Bertz CT molecular complexity index is 581. The Balaban J connectivity index is 2.35. The molecule has 0 aliphatic heterocycles. The number of methoxy groups -OCH3 is 1. The first-order valence-corrected chi connectivity index (χ1v) is 6.82. The van der Waals surface area contributed by atoms with Crippen LogP contribution in [0.2, 0.25) is 0 Å². The van der Waals surface area contributed by atoms with Crippen LogP contribution >= 0.6 is 0 Å². The van der Waals surface area contributed by atoms with Gasteiger partial charge < -0.3 is 15.2 Å². The van der Waals surface area contributed by atoms with Crippen molar-refractivity contribution in [3.63, 3.8) is 0 Å². The highest BCUT2D eigenvalue weighted by molar-refractivity contribution is 5.47. The van der Waals surface area contributed by atoms with Gasteiger partial charge in [-0.1, -0.05) is 31.2 Å². The standard InChI is InChI=1S/C17H21NO2/c1-4-14(18)13-7-5-6-8-15(13)20-16-10-9-12(2)11-17(16)19-3/h5-11,14H,4,18H2,1-3H3. The second kappa shape index (κ2) is 6.44. The maximum Gasteiger partial charge on any atom is 0.169 e. The molecule has 2 aromatic carbocycles. The molecule has 2 aromatic rings. The average Bonchev–Trinajstić information content (AvgIpc) is 2.48. The van der Waals surface area contributed by atoms with Gasteiger partial charge in [0.1, 0.15) is 5.75 Å². The van der Waals surface area contributed by atoms with Gasteiger partial charge >= 0.3 is 0 Å². The van der Waals surface area contributed by atoms with Gasteiger partial charge in [0, 0.05) is 11.6 Å². The molecule has 106 valence electrons. The van der Waals surface area contributed by atoms with E-state index in [1.54, 1.807) is 7.11 Å². The third-order valence-corrected chi connectivity index (χ3v) is 3.30. The number of hydrogen-bond acceptors (Lipinski definition) is 3. The lowest BCUT2D eigenvalue weighted by molar-refractivity contribution is 0.376. The van der Waals surface area contributed by atoms with Crippen molar-refractivity contribution in [1.29, 1.82) is 0 Å². The first kappa shape index (κ1) is 14.4. The normalized spacial score (nSPS) is 12.0. The number of nitrogens with two attached hydrogens (primary N) is 1. The third kappa shape index (κ3) is 3.11. The van der Waals surface area contributed by atoms with E-state index in [1.165, 1.54) is 0 Å². The van der Waals surface area contributed by atoms with E-state index in [0.717, 1.165) is 29.0 Å². The molecule has 1 unspecified atom stereocenters. The lowest BCUT2D eigenvalue weighted by Gasteiger charge is -2.17. The summed E-state index contributed by atoms with van der Waals surface area (Å²) < 4.78 is 11.4. The minimum atomic E-state index is -0.0253. The van der Waals surface area contributed by atoms with Crippen molar-refractivity contribution in [3.8, 4) is 17.2 Å². The third-order valence-electron chi connectivity index (χ3n) is 3.30. The number of ether oxygens (including phenoxy) is 2. The Morgan fingerprint density at radius 1 is 1.05 bits per heavy atom. The van der Waals surface area contributed by atoms with E-state index in [4.69, 9.17) is 15.2 Å². The fraction of sp³-hybridized carbons (Fsp3) is 0.294. The predicted octanol–water partition coefficient (Wildman–Crippen LogP) is 4.21. The van der Waals surface area contributed by atoms with Gasteiger partial charge in [0.05, 0.1) is 7.11 Å². The van der Waals surface area contributed by atoms with E-state index >= 15 is 0 Å². The van der Waals surface area contributed by atoms with Crippen molar-refractivity contribution in [1.82, 2.24) is 0 Å². The number of aryl methyl sites for hydroxylation is 1. The zero-order chi connectivity index (χ0) is 14.5. The molecule has 0 saturated carbocycles. The number of para-hydroxylation sites is 1. The van der Waals surface area contributed by atoms with Crippen LogP contribution in [-0.2, 0) is 0 Å². The fourth-order valence-corrected chi connectivity index (χ4v) is 2.08. The van der Waals surface area contributed by atoms with Crippen LogP contribution in [0.5, 0.6) is 17.2 Å². The van der Waals surface area contributed by atoms with Crippen molar-refractivity contribution in [2.75, 3.05) is 7.11 Å². The van der Waals surface area contributed by atoms with E-state index in [9.17, 15) is 0 Å². The molecule has 0 spiro atoms. The topological polar surface area (TPSA) is 44.5 Å². The molecule has 0 heterocycles. The molecule has 2 rings (SSSR count). The van der Waals surface area contributed by atoms with Crippen LogP contribution in [0.15, 0.2) is 42.5 Å². The van der Waals surface area contributed by atoms with Crippen LogP contribution in [0.3, 0.4) is 0 Å². The van der Waals surface area contributed by atoms with Gasteiger partial charge in [-0.25, -0.2) is 0 Å². The molecule has 0 radical (unpaired) electrons. The minimum absolute atomic E-state index is 0.0253. The highest BCUT2D eigenvalue weighted by Crippen LogP contribution is 2.35. The molecule has 2 N–H and O–H groups in total.